The first-order valence-electron chi connectivity index (χ1n) is 9.37. The number of pyridine rings is 1. The summed E-state index contributed by atoms with van der Waals surface area (Å²) in [6.07, 6.45) is 3.03. The van der Waals surface area contributed by atoms with Crippen molar-refractivity contribution < 1.29 is 9.18 Å². The molecule has 148 valence electrons. The Morgan fingerprint density at radius 2 is 2.24 bits per heavy atom. The monoisotopic (exact) mass is 409 g/mol. The van der Waals surface area contributed by atoms with Crippen LogP contribution in [0.25, 0.3) is 0 Å². The van der Waals surface area contributed by atoms with Crippen LogP contribution in [0.2, 0.25) is 0 Å². The molecule has 0 radical (unpaired) electrons. The second-order valence-electron chi connectivity index (χ2n) is 7.62. The van der Waals surface area contributed by atoms with Crippen LogP contribution in [0.5, 0.6) is 0 Å². The smallest absolute Gasteiger partial charge is 0.274 e. The summed E-state index contributed by atoms with van der Waals surface area (Å²) < 4.78 is 14.9. The molecule has 2 heterocycles. The van der Waals surface area contributed by atoms with Gasteiger partial charge in [-0.05, 0) is 55.0 Å². The molecule has 6 nitrogen and oxygen atoms in total. The Morgan fingerprint density at radius 1 is 1.41 bits per heavy atom. The highest BCUT2D eigenvalue weighted by Gasteiger charge is 2.50. The van der Waals surface area contributed by atoms with E-state index in [0.717, 1.165) is 18.6 Å². The van der Waals surface area contributed by atoms with Crippen molar-refractivity contribution >= 4 is 28.5 Å². The molecule has 1 aliphatic carbocycles. The number of nitrogens with one attached hydrogen (secondary N) is 1. The first-order valence-corrected chi connectivity index (χ1v) is 10.4. The van der Waals surface area contributed by atoms with E-state index >= 15 is 0 Å². The van der Waals surface area contributed by atoms with Gasteiger partial charge < -0.3 is 11.1 Å². The van der Waals surface area contributed by atoms with Crippen LogP contribution in [0.1, 0.15) is 41.4 Å². The standard InChI is InChI=1S/C21H20FN5OS/c1-12-6-14-11-29-20(24)27-21(14,8-12)16-7-15(3-4-17(16)22)26-19(28)18-5-2-13(9-23)10-25-18/h2-5,7,10,12,14H,6,8,11H2,1H3,(H2,24,27)(H,26,28)/t12-,14-,21-/m0/s1. The van der Waals surface area contributed by atoms with Gasteiger partial charge in [-0.2, -0.15) is 5.26 Å². The lowest BCUT2D eigenvalue weighted by Gasteiger charge is -2.36. The van der Waals surface area contributed by atoms with Crippen LogP contribution in [0, 0.1) is 29.0 Å². The Balaban J connectivity index is 1.66. The van der Waals surface area contributed by atoms with Crippen LogP contribution in [0.4, 0.5) is 10.1 Å². The summed E-state index contributed by atoms with van der Waals surface area (Å²) in [5.41, 5.74) is 6.82. The van der Waals surface area contributed by atoms with Gasteiger partial charge in [0.25, 0.3) is 5.91 Å². The second-order valence-corrected chi connectivity index (χ2v) is 8.66. The Labute approximate surface area is 172 Å². The average molecular weight is 409 g/mol. The largest absolute Gasteiger partial charge is 0.379 e. The first kappa shape index (κ1) is 19.4. The van der Waals surface area contributed by atoms with Crippen molar-refractivity contribution in [2.45, 2.75) is 25.3 Å². The highest BCUT2D eigenvalue weighted by Crippen LogP contribution is 2.53. The fourth-order valence-electron chi connectivity index (χ4n) is 4.33. The fraction of sp³-hybridized carbons (Fsp3) is 0.333. The summed E-state index contributed by atoms with van der Waals surface area (Å²) in [5.74, 6) is 0.654. The number of hydrogen-bond donors (Lipinski definition) is 2. The molecule has 4 rings (SSSR count). The highest BCUT2D eigenvalue weighted by atomic mass is 32.2. The Morgan fingerprint density at radius 3 is 2.97 bits per heavy atom. The highest BCUT2D eigenvalue weighted by molar-refractivity contribution is 8.13. The molecular formula is C21H20FN5OS. The van der Waals surface area contributed by atoms with Crippen molar-refractivity contribution in [3.05, 3.63) is 59.2 Å². The molecule has 1 aromatic heterocycles. The summed E-state index contributed by atoms with van der Waals surface area (Å²) in [6, 6.07) is 9.51. The molecule has 1 fully saturated rings. The third kappa shape index (κ3) is 3.58. The zero-order chi connectivity index (χ0) is 20.6. The van der Waals surface area contributed by atoms with E-state index < -0.39 is 11.4 Å². The van der Waals surface area contributed by atoms with Crippen molar-refractivity contribution in [3.63, 3.8) is 0 Å². The SMILES string of the molecule is C[C@H]1C[C@H]2CSC(N)=N[C@@]2(c2cc(NC(=O)c3ccc(C#N)cn3)ccc2F)C1. The molecule has 1 aliphatic heterocycles. The number of amidine groups is 1. The van der Waals surface area contributed by atoms with Gasteiger partial charge in [0.05, 0.1) is 11.1 Å². The molecule has 8 heteroatoms. The molecule has 2 aromatic rings. The summed E-state index contributed by atoms with van der Waals surface area (Å²) in [4.78, 5) is 21.2. The number of carbonyl (C=O) groups excluding carboxylic acids is 1. The predicted octanol–water partition coefficient (Wildman–Crippen LogP) is 3.65. The summed E-state index contributed by atoms with van der Waals surface area (Å²) in [5, 5.41) is 12.1. The number of rotatable bonds is 3. The number of benzene rings is 1. The fourth-order valence-corrected chi connectivity index (χ4v) is 5.35. The van der Waals surface area contributed by atoms with E-state index in [1.165, 1.54) is 42.2 Å². The van der Waals surface area contributed by atoms with Crippen LogP contribution >= 0.6 is 11.8 Å². The van der Waals surface area contributed by atoms with E-state index in [1.54, 1.807) is 6.07 Å². The molecule has 0 spiro atoms. The lowest BCUT2D eigenvalue weighted by atomic mass is 9.81. The number of aromatic nitrogens is 1. The van der Waals surface area contributed by atoms with Crippen LogP contribution in [-0.2, 0) is 5.54 Å². The molecule has 0 bridgehead atoms. The predicted molar refractivity (Wildman–Crippen MR) is 111 cm³/mol. The number of nitrogens with two attached hydrogens (primary N) is 1. The maximum Gasteiger partial charge on any atom is 0.274 e. The molecule has 0 unspecified atom stereocenters. The van der Waals surface area contributed by atoms with Gasteiger partial charge in [0.1, 0.15) is 17.6 Å². The molecule has 3 atom stereocenters. The molecule has 29 heavy (non-hydrogen) atoms. The minimum Gasteiger partial charge on any atom is -0.379 e. The molecule has 2 aliphatic rings. The molecule has 3 N–H and O–H groups in total. The lowest BCUT2D eigenvalue weighted by Crippen LogP contribution is -2.37. The van der Waals surface area contributed by atoms with E-state index in [9.17, 15) is 9.18 Å². The van der Waals surface area contributed by atoms with Crippen LogP contribution in [-0.4, -0.2) is 21.8 Å². The maximum absolute atomic E-state index is 14.9. The minimum atomic E-state index is -0.688. The van der Waals surface area contributed by atoms with E-state index in [2.05, 4.69) is 17.2 Å². The van der Waals surface area contributed by atoms with Crippen LogP contribution in [0.15, 0.2) is 41.5 Å². The van der Waals surface area contributed by atoms with Gasteiger partial charge in [-0.1, -0.05) is 18.7 Å². The normalized spacial score (nSPS) is 25.6. The van der Waals surface area contributed by atoms with E-state index in [4.69, 9.17) is 16.0 Å². The number of fused-ring (bicyclic) bond motifs is 1. The lowest BCUT2D eigenvalue weighted by molar-refractivity contribution is 0.102. The van der Waals surface area contributed by atoms with E-state index in [-0.39, 0.29) is 17.4 Å². The number of aliphatic imine (C=N–C) groups is 1. The van der Waals surface area contributed by atoms with Crippen LogP contribution in [0.3, 0.4) is 0 Å². The zero-order valence-corrected chi connectivity index (χ0v) is 16.7. The van der Waals surface area contributed by atoms with Gasteiger partial charge in [-0.3, -0.25) is 9.79 Å². The summed E-state index contributed by atoms with van der Waals surface area (Å²) >= 11 is 1.52. The topological polar surface area (TPSA) is 104 Å². The minimum absolute atomic E-state index is 0.178. The number of nitrogens with zero attached hydrogens (tertiary/aromatic N) is 3. The molecule has 1 saturated carbocycles. The van der Waals surface area contributed by atoms with Gasteiger partial charge in [0, 0.05) is 23.2 Å². The molecule has 0 saturated heterocycles. The maximum atomic E-state index is 14.9. The van der Waals surface area contributed by atoms with Crippen molar-refractivity contribution in [3.8, 4) is 6.07 Å². The first-order chi connectivity index (χ1) is 13.9. The number of hydrogen-bond acceptors (Lipinski definition) is 6. The Bertz CT molecular complexity index is 1030. The quantitative estimate of drug-likeness (QED) is 0.805. The second kappa shape index (κ2) is 7.48. The van der Waals surface area contributed by atoms with Crippen molar-refractivity contribution in [2.24, 2.45) is 22.6 Å². The van der Waals surface area contributed by atoms with Crippen molar-refractivity contribution in [1.29, 1.82) is 5.26 Å². The molecule has 1 aromatic carbocycles. The van der Waals surface area contributed by atoms with E-state index in [1.807, 2.05) is 6.07 Å². The van der Waals surface area contributed by atoms with Crippen LogP contribution < -0.4 is 11.1 Å². The van der Waals surface area contributed by atoms with Gasteiger partial charge in [0.2, 0.25) is 0 Å². The average Bonchev–Trinajstić information content (AvgIpc) is 3.05. The molecular weight excluding hydrogens is 389 g/mol. The Kier molecular flexibility index (Phi) is 5.01. The number of halogens is 1. The number of amides is 1. The zero-order valence-electron chi connectivity index (χ0n) is 15.9. The van der Waals surface area contributed by atoms with Gasteiger partial charge in [-0.25, -0.2) is 9.37 Å². The number of thioether (sulfide) groups is 1. The van der Waals surface area contributed by atoms with Gasteiger partial charge in [0.15, 0.2) is 5.17 Å². The molecule has 1 amide bonds. The van der Waals surface area contributed by atoms with Crippen molar-refractivity contribution in [1.82, 2.24) is 4.98 Å². The van der Waals surface area contributed by atoms with Gasteiger partial charge in [-0.15, -0.1) is 0 Å². The Hall–Kier alpha value is -2.92. The summed E-state index contributed by atoms with van der Waals surface area (Å²) in [6.45, 7) is 2.15. The summed E-state index contributed by atoms with van der Waals surface area (Å²) in [7, 11) is 0. The third-order valence-corrected chi connectivity index (χ3v) is 6.54. The third-order valence-electron chi connectivity index (χ3n) is 5.58. The van der Waals surface area contributed by atoms with E-state index in [0.29, 0.717) is 27.9 Å². The van der Waals surface area contributed by atoms with Gasteiger partial charge >= 0.3 is 0 Å². The number of nitriles is 1. The number of carbonyl (C=O) groups is 1. The number of anilines is 1. The van der Waals surface area contributed by atoms with Crippen molar-refractivity contribution in [2.75, 3.05) is 11.1 Å².